The van der Waals surface area contributed by atoms with E-state index in [1.54, 1.807) is 35.2 Å². The predicted octanol–water partition coefficient (Wildman–Crippen LogP) is 6.96. The molecule has 0 bridgehead atoms. The van der Waals surface area contributed by atoms with Gasteiger partial charge in [-0.05, 0) is 85.3 Å². The number of benzene rings is 4. The topological polar surface area (TPSA) is 86.8 Å². The molecule has 0 radical (unpaired) electrons. The van der Waals surface area contributed by atoms with Crippen LogP contribution in [-0.2, 0) is 32.6 Å². The Morgan fingerprint density at radius 2 is 1.43 bits per heavy atom. The summed E-state index contributed by atoms with van der Waals surface area (Å²) in [7, 11) is -4.14. The molecule has 0 unspecified atom stereocenters. The summed E-state index contributed by atoms with van der Waals surface area (Å²) in [5.41, 5.74) is 3.87. The third kappa shape index (κ3) is 8.44. The lowest BCUT2D eigenvalue weighted by molar-refractivity contribution is -0.140. The Morgan fingerprint density at radius 1 is 0.826 bits per heavy atom. The fourth-order valence-electron chi connectivity index (χ4n) is 6.10. The number of nitrogens with one attached hydrogen (secondary N) is 1. The van der Waals surface area contributed by atoms with Gasteiger partial charge in [0.2, 0.25) is 11.8 Å². The van der Waals surface area contributed by atoms with Crippen molar-refractivity contribution in [1.29, 1.82) is 0 Å². The molecule has 0 spiro atoms. The van der Waals surface area contributed by atoms with Crippen molar-refractivity contribution in [3.05, 3.63) is 130 Å². The summed E-state index contributed by atoms with van der Waals surface area (Å²) < 4.78 is 30.4. The number of halogens is 1. The Kier molecular flexibility index (Phi) is 11.0. The van der Waals surface area contributed by atoms with Crippen molar-refractivity contribution in [1.82, 2.24) is 10.2 Å². The number of sulfonamides is 1. The molecule has 1 fully saturated rings. The monoisotopic (exact) mass is 701 g/mol. The molecule has 5 rings (SSSR count). The Hall–Kier alpha value is -3.95. The van der Waals surface area contributed by atoms with Crippen LogP contribution in [0.3, 0.4) is 0 Å². The highest BCUT2D eigenvalue weighted by Crippen LogP contribution is 2.27. The summed E-state index contributed by atoms with van der Waals surface area (Å²) in [6.07, 6.45) is 4.20. The van der Waals surface area contributed by atoms with E-state index in [1.165, 1.54) is 16.4 Å². The van der Waals surface area contributed by atoms with E-state index in [0.717, 1.165) is 52.4 Å². The minimum absolute atomic E-state index is 0.0545. The summed E-state index contributed by atoms with van der Waals surface area (Å²) in [5.74, 6) is -0.705. The third-order valence-corrected chi connectivity index (χ3v) is 10.6. The first-order valence-electron chi connectivity index (χ1n) is 15.6. The second-order valence-electron chi connectivity index (χ2n) is 12.0. The zero-order chi connectivity index (χ0) is 32.7. The molecule has 2 amide bonds. The van der Waals surface area contributed by atoms with Gasteiger partial charge in [-0.25, -0.2) is 8.42 Å². The van der Waals surface area contributed by atoms with Gasteiger partial charge in [-0.1, -0.05) is 95.5 Å². The fraction of sp³-hybridized carbons (Fsp3) is 0.297. The number of rotatable bonds is 12. The Morgan fingerprint density at radius 3 is 2.07 bits per heavy atom. The summed E-state index contributed by atoms with van der Waals surface area (Å²) in [6.45, 7) is 3.44. The number of nitrogens with zero attached hydrogens (tertiary/aromatic N) is 2. The molecule has 9 heteroatoms. The molecule has 46 heavy (non-hydrogen) atoms. The molecule has 7 nitrogen and oxygen atoms in total. The third-order valence-electron chi connectivity index (χ3n) is 8.32. The van der Waals surface area contributed by atoms with Crippen molar-refractivity contribution in [2.75, 3.05) is 10.8 Å². The normalized spacial score (nSPS) is 14.1. The van der Waals surface area contributed by atoms with Gasteiger partial charge >= 0.3 is 0 Å². The van der Waals surface area contributed by atoms with E-state index in [1.807, 2.05) is 74.5 Å². The Bertz CT molecular complexity index is 1740. The smallest absolute Gasteiger partial charge is 0.264 e. The fourth-order valence-corrected chi connectivity index (χ4v) is 7.96. The average molecular weight is 703 g/mol. The number of hydrogen-bond donors (Lipinski definition) is 1. The number of amides is 2. The molecule has 1 N–H and O–H groups in total. The van der Waals surface area contributed by atoms with Crippen LogP contribution in [0.4, 0.5) is 5.69 Å². The molecule has 1 aliphatic carbocycles. The van der Waals surface area contributed by atoms with Gasteiger partial charge in [0.1, 0.15) is 12.6 Å². The number of carbonyl (C=O) groups is 2. The van der Waals surface area contributed by atoms with Crippen LogP contribution in [0.5, 0.6) is 0 Å². The van der Waals surface area contributed by atoms with Crippen LogP contribution in [0.2, 0.25) is 0 Å². The molecule has 1 atom stereocenters. The first kappa shape index (κ1) is 33.4. The van der Waals surface area contributed by atoms with E-state index in [0.29, 0.717) is 5.69 Å². The second kappa shape index (κ2) is 15.1. The van der Waals surface area contributed by atoms with Crippen LogP contribution >= 0.6 is 15.9 Å². The van der Waals surface area contributed by atoms with E-state index in [2.05, 4.69) is 21.2 Å². The van der Waals surface area contributed by atoms with Gasteiger partial charge in [0.15, 0.2) is 0 Å². The molecule has 0 aliphatic heterocycles. The Balaban J connectivity index is 1.58. The quantitative estimate of drug-likeness (QED) is 0.173. The number of hydrogen-bond acceptors (Lipinski definition) is 4. The van der Waals surface area contributed by atoms with Crippen LogP contribution in [0, 0.1) is 13.8 Å². The van der Waals surface area contributed by atoms with Crippen molar-refractivity contribution in [3.63, 3.8) is 0 Å². The summed E-state index contributed by atoms with van der Waals surface area (Å²) in [5, 5.41) is 3.21. The van der Waals surface area contributed by atoms with Gasteiger partial charge < -0.3 is 10.2 Å². The number of carbonyl (C=O) groups excluding carboxylic acids is 2. The van der Waals surface area contributed by atoms with E-state index in [-0.39, 0.29) is 29.8 Å². The van der Waals surface area contributed by atoms with Crippen LogP contribution < -0.4 is 9.62 Å². The molecule has 0 saturated heterocycles. The van der Waals surface area contributed by atoms with Crippen molar-refractivity contribution in [2.24, 2.45) is 0 Å². The molecular weight excluding hydrogens is 662 g/mol. The van der Waals surface area contributed by atoms with E-state index in [4.69, 9.17) is 0 Å². The molecule has 0 aromatic heterocycles. The highest BCUT2D eigenvalue weighted by molar-refractivity contribution is 9.10. The van der Waals surface area contributed by atoms with Gasteiger partial charge in [0.05, 0.1) is 10.6 Å². The van der Waals surface area contributed by atoms with Crippen LogP contribution in [-0.4, -0.2) is 43.8 Å². The summed E-state index contributed by atoms with van der Waals surface area (Å²) in [6, 6.07) is 30.1. The largest absolute Gasteiger partial charge is 0.352 e. The van der Waals surface area contributed by atoms with E-state index >= 15 is 0 Å². The zero-order valence-corrected chi connectivity index (χ0v) is 28.6. The minimum atomic E-state index is -4.14. The molecular formula is C37H40BrN3O4S. The standard InChI is InChI=1S/C37H40BrN3O4S/c1-27-20-28(2)22-33(21-27)41(46(44,45)34-18-7-4-8-19-34)26-36(42)40(25-30-14-11-15-31(38)23-30)35(24-29-12-5-3-6-13-29)37(43)39-32-16-9-10-17-32/h3-8,11-15,18-23,32,35H,9-10,16-17,24-26H2,1-2H3,(H,39,43)/t35-/m1/s1. The van der Waals surface area contributed by atoms with E-state index in [9.17, 15) is 18.0 Å². The van der Waals surface area contributed by atoms with Crippen molar-refractivity contribution >= 4 is 43.5 Å². The van der Waals surface area contributed by atoms with Crippen molar-refractivity contribution in [2.45, 2.75) is 69.5 Å². The van der Waals surface area contributed by atoms with Gasteiger partial charge in [0.25, 0.3) is 10.0 Å². The van der Waals surface area contributed by atoms with Gasteiger partial charge in [-0.2, -0.15) is 0 Å². The van der Waals surface area contributed by atoms with Gasteiger partial charge in [-0.15, -0.1) is 0 Å². The molecule has 240 valence electrons. The maximum atomic E-state index is 14.7. The predicted molar refractivity (Wildman–Crippen MR) is 186 cm³/mol. The average Bonchev–Trinajstić information content (AvgIpc) is 3.55. The maximum absolute atomic E-state index is 14.7. The molecule has 4 aromatic rings. The van der Waals surface area contributed by atoms with Crippen LogP contribution in [0.15, 0.2) is 112 Å². The maximum Gasteiger partial charge on any atom is 0.264 e. The molecule has 1 saturated carbocycles. The van der Waals surface area contributed by atoms with Gasteiger partial charge in [-0.3, -0.25) is 13.9 Å². The molecule has 0 heterocycles. The first-order chi connectivity index (χ1) is 22.1. The SMILES string of the molecule is Cc1cc(C)cc(N(CC(=O)N(Cc2cccc(Br)c2)[C@H](Cc2ccccc2)C(=O)NC2CCCC2)S(=O)(=O)c2ccccc2)c1. The molecule has 4 aromatic carbocycles. The lowest BCUT2D eigenvalue weighted by Gasteiger charge is -2.34. The van der Waals surface area contributed by atoms with Gasteiger partial charge in [0, 0.05) is 23.5 Å². The Labute approximate surface area is 280 Å². The summed E-state index contributed by atoms with van der Waals surface area (Å²) >= 11 is 3.53. The summed E-state index contributed by atoms with van der Waals surface area (Å²) in [4.78, 5) is 30.4. The number of aryl methyl sites for hydroxylation is 2. The highest BCUT2D eigenvalue weighted by atomic mass is 79.9. The number of anilines is 1. The lowest BCUT2D eigenvalue weighted by Crippen LogP contribution is -2.54. The first-order valence-corrected chi connectivity index (χ1v) is 17.9. The zero-order valence-electron chi connectivity index (χ0n) is 26.2. The molecule has 1 aliphatic rings. The minimum Gasteiger partial charge on any atom is -0.352 e. The highest BCUT2D eigenvalue weighted by Gasteiger charge is 2.35. The van der Waals surface area contributed by atoms with Crippen molar-refractivity contribution < 1.29 is 18.0 Å². The van der Waals surface area contributed by atoms with Crippen LogP contribution in [0.1, 0.15) is 47.9 Å². The second-order valence-corrected chi connectivity index (χ2v) is 14.8. The lowest BCUT2D eigenvalue weighted by atomic mass is 10.0. The van der Waals surface area contributed by atoms with E-state index < -0.39 is 28.5 Å². The van der Waals surface area contributed by atoms with Crippen LogP contribution in [0.25, 0.3) is 0 Å². The van der Waals surface area contributed by atoms with Crippen molar-refractivity contribution in [3.8, 4) is 0 Å².